The summed E-state index contributed by atoms with van der Waals surface area (Å²) in [5.74, 6) is 1.32. The molecule has 5 aliphatic rings. The number of fused-ring (bicyclic) bond motifs is 4. The van der Waals surface area contributed by atoms with Gasteiger partial charge in [0.1, 0.15) is 11.9 Å². The molecule has 1 saturated heterocycles. The van der Waals surface area contributed by atoms with Gasteiger partial charge in [-0.25, -0.2) is 0 Å². The first kappa shape index (κ1) is 14.9. The Balaban J connectivity index is 1.51. The number of hydrogen-bond donors (Lipinski definition) is 2. The molecule has 4 nitrogen and oxygen atoms in total. The lowest BCUT2D eigenvalue weighted by molar-refractivity contribution is -0.242. The highest BCUT2D eigenvalue weighted by atomic mass is 16.6. The van der Waals surface area contributed by atoms with Gasteiger partial charge in [0.2, 0.25) is 0 Å². The molecule has 2 N–H and O–H groups in total. The zero-order valence-electron chi connectivity index (χ0n) is 14.0. The predicted molar refractivity (Wildman–Crippen MR) is 83.4 cm³/mol. The van der Waals surface area contributed by atoms with Crippen molar-refractivity contribution in [3.05, 3.63) is 0 Å². The summed E-state index contributed by atoms with van der Waals surface area (Å²) < 4.78 is 5.78. The van der Waals surface area contributed by atoms with Crippen LogP contribution in [0.2, 0.25) is 0 Å². The Morgan fingerprint density at radius 1 is 1.22 bits per heavy atom. The van der Waals surface area contributed by atoms with E-state index >= 15 is 0 Å². The van der Waals surface area contributed by atoms with Crippen LogP contribution in [0, 0.1) is 34.5 Å². The van der Waals surface area contributed by atoms with Crippen LogP contribution in [-0.4, -0.2) is 34.5 Å². The molecule has 1 aliphatic heterocycles. The van der Waals surface area contributed by atoms with Gasteiger partial charge < -0.3 is 14.9 Å². The van der Waals surface area contributed by atoms with E-state index in [1.54, 1.807) is 0 Å². The lowest BCUT2D eigenvalue weighted by Gasteiger charge is -2.59. The molecule has 23 heavy (non-hydrogen) atoms. The summed E-state index contributed by atoms with van der Waals surface area (Å²) in [5.41, 5.74) is 0.259. The van der Waals surface area contributed by atoms with Crippen molar-refractivity contribution in [3.8, 4) is 0 Å². The molecule has 0 amide bonds. The monoisotopic (exact) mass is 320 g/mol. The van der Waals surface area contributed by atoms with Crippen molar-refractivity contribution in [2.24, 2.45) is 34.5 Å². The lowest BCUT2D eigenvalue weighted by Crippen LogP contribution is -2.57. The second-order valence-corrected chi connectivity index (χ2v) is 9.56. The minimum atomic E-state index is -1.31. The number of ketones is 1. The molecule has 0 aromatic carbocycles. The number of ether oxygens (including phenoxy) is 1. The van der Waals surface area contributed by atoms with E-state index in [0.717, 1.165) is 32.1 Å². The van der Waals surface area contributed by atoms with Crippen molar-refractivity contribution in [1.29, 1.82) is 0 Å². The van der Waals surface area contributed by atoms with Gasteiger partial charge in [0.25, 0.3) is 0 Å². The van der Waals surface area contributed by atoms with Crippen LogP contribution in [0.3, 0.4) is 0 Å². The Hall–Kier alpha value is -0.450. The highest BCUT2D eigenvalue weighted by Gasteiger charge is 2.68. The van der Waals surface area contributed by atoms with Gasteiger partial charge in [-0.2, -0.15) is 0 Å². The Labute approximate surface area is 137 Å². The van der Waals surface area contributed by atoms with Crippen molar-refractivity contribution in [2.45, 2.75) is 70.2 Å². The zero-order chi connectivity index (χ0) is 16.0. The number of hydrogen-bond acceptors (Lipinski definition) is 4. The fraction of sp³-hybridized carbons (Fsp3) is 0.947. The van der Waals surface area contributed by atoms with Crippen molar-refractivity contribution >= 4 is 5.78 Å². The molecule has 4 heteroatoms. The molecule has 0 aromatic rings. The van der Waals surface area contributed by atoms with Gasteiger partial charge >= 0.3 is 0 Å². The van der Waals surface area contributed by atoms with Crippen LogP contribution >= 0.6 is 0 Å². The second kappa shape index (κ2) is 4.39. The molecule has 8 unspecified atom stereocenters. The first-order valence-corrected chi connectivity index (χ1v) is 9.42. The molecule has 128 valence electrons. The topological polar surface area (TPSA) is 66.8 Å². The molecule has 0 radical (unpaired) electrons. The van der Waals surface area contributed by atoms with Crippen molar-refractivity contribution < 1.29 is 19.7 Å². The summed E-state index contributed by atoms with van der Waals surface area (Å²) in [6, 6.07) is 0. The van der Waals surface area contributed by atoms with Crippen LogP contribution in [0.25, 0.3) is 0 Å². The first-order valence-electron chi connectivity index (χ1n) is 9.42. The van der Waals surface area contributed by atoms with E-state index in [2.05, 4.69) is 6.92 Å². The third kappa shape index (κ3) is 1.75. The van der Waals surface area contributed by atoms with Crippen molar-refractivity contribution in [2.75, 3.05) is 6.61 Å². The maximum atomic E-state index is 12.1. The van der Waals surface area contributed by atoms with Gasteiger partial charge in [-0.05, 0) is 61.2 Å². The summed E-state index contributed by atoms with van der Waals surface area (Å²) in [6.07, 6.45) is 6.71. The third-order valence-electron chi connectivity index (χ3n) is 8.61. The van der Waals surface area contributed by atoms with Gasteiger partial charge in [-0.3, -0.25) is 4.79 Å². The highest BCUT2D eigenvalue weighted by Crippen LogP contribution is 2.68. The summed E-state index contributed by atoms with van der Waals surface area (Å²) in [6.45, 7) is 2.93. The average molecular weight is 320 g/mol. The Kier molecular flexibility index (Phi) is 2.83. The molecular formula is C19H28O4. The molecule has 5 rings (SSSR count). The second-order valence-electron chi connectivity index (χ2n) is 9.56. The number of aliphatic hydroxyl groups excluding tert-OH is 1. The fourth-order valence-corrected chi connectivity index (χ4v) is 7.52. The van der Waals surface area contributed by atoms with Gasteiger partial charge in [-0.15, -0.1) is 0 Å². The fourth-order valence-electron chi connectivity index (χ4n) is 7.52. The molecular weight excluding hydrogens is 292 g/mol. The normalized spacial score (nSPS) is 61.0. The summed E-state index contributed by atoms with van der Waals surface area (Å²) in [5, 5.41) is 21.0. The average Bonchev–Trinajstić information content (AvgIpc) is 2.97. The smallest absolute Gasteiger partial charge is 0.192 e. The molecule has 2 bridgehead atoms. The Morgan fingerprint density at radius 2 is 2.04 bits per heavy atom. The predicted octanol–water partition coefficient (Wildman–Crippen LogP) is 2.27. The van der Waals surface area contributed by atoms with E-state index in [0.29, 0.717) is 48.9 Å². The lowest BCUT2D eigenvalue weighted by atomic mass is 9.45. The quantitative estimate of drug-likeness (QED) is 0.718. The van der Waals surface area contributed by atoms with E-state index in [1.165, 1.54) is 6.42 Å². The van der Waals surface area contributed by atoms with Gasteiger partial charge in [0.15, 0.2) is 5.79 Å². The maximum Gasteiger partial charge on any atom is 0.192 e. The first-order chi connectivity index (χ1) is 10.9. The molecule has 1 spiro atoms. The van der Waals surface area contributed by atoms with Crippen molar-refractivity contribution in [3.63, 3.8) is 0 Å². The third-order valence-corrected chi connectivity index (χ3v) is 8.61. The van der Waals surface area contributed by atoms with E-state index in [-0.39, 0.29) is 10.8 Å². The van der Waals surface area contributed by atoms with E-state index < -0.39 is 11.9 Å². The van der Waals surface area contributed by atoms with Crippen LogP contribution in [0.4, 0.5) is 0 Å². The van der Waals surface area contributed by atoms with E-state index in [4.69, 9.17) is 4.74 Å². The van der Waals surface area contributed by atoms with Gasteiger partial charge in [0.05, 0.1) is 6.61 Å². The standard InChI is InChI=1S/C19H28O4/c1-17-5-4-14-13(15(17)7-12(20)8-17)3-2-11-6-16(21)19(22)9-18(11,14)10-23-19/h11,13-16,21-22H,2-10H2,1H3. The van der Waals surface area contributed by atoms with Crippen molar-refractivity contribution in [1.82, 2.24) is 0 Å². The molecule has 0 aromatic heterocycles. The Bertz CT molecular complexity index is 562. The van der Waals surface area contributed by atoms with Gasteiger partial charge in [-0.1, -0.05) is 6.92 Å². The number of Topliss-reactive ketones (excluding diaryl/α,β-unsaturated/α-hetero) is 1. The number of aliphatic hydroxyl groups is 2. The molecule has 8 atom stereocenters. The summed E-state index contributed by atoms with van der Waals surface area (Å²) >= 11 is 0. The number of carbonyl (C=O) groups excluding carboxylic acids is 1. The summed E-state index contributed by atoms with van der Waals surface area (Å²) in [7, 11) is 0. The molecule has 5 fully saturated rings. The SMILES string of the molecule is CC12CCC3C(CCC4CC(O)C5(O)CC43CO5)C1CC(=O)C2. The molecule has 4 aliphatic carbocycles. The highest BCUT2D eigenvalue weighted by molar-refractivity contribution is 5.82. The number of carbonyl (C=O) groups is 1. The maximum absolute atomic E-state index is 12.1. The van der Waals surface area contributed by atoms with E-state index in [1.807, 2.05) is 0 Å². The van der Waals surface area contributed by atoms with E-state index in [9.17, 15) is 15.0 Å². The minimum absolute atomic E-state index is 0.0455. The van der Waals surface area contributed by atoms with Crippen LogP contribution in [-0.2, 0) is 9.53 Å². The molecule has 1 heterocycles. The largest absolute Gasteiger partial charge is 0.388 e. The summed E-state index contributed by atoms with van der Waals surface area (Å²) in [4.78, 5) is 12.1. The minimum Gasteiger partial charge on any atom is -0.388 e. The van der Waals surface area contributed by atoms with Crippen LogP contribution in [0.15, 0.2) is 0 Å². The molecule has 4 saturated carbocycles. The van der Waals surface area contributed by atoms with Gasteiger partial charge in [0, 0.05) is 24.7 Å². The van der Waals surface area contributed by atoms with Crippen LogP contribution < -0.4 is 0 Å². The number of rotatable bonds is 0. The zero-order valence-corrected chi connectivity index (χ0v) is 14.0. The van der Waals surface area contributed by atoms with Crippen LogP contribution in [0.1, 0.15) is 58.3 Å². The van der Waals surface area contributed by atoms with Crippen LogP contribution in [0.5, 0.6) is 0 Å². The Morgan fingerprint density at radius 3 is 2.87 bits per heavy atom.